The van der Waals surface area contributed by atoms with Crippen LogP contribution in [-0.2, 0) is 0 Å². The van der Waals surface area contributed by atoms with E-state index in [0.717, 1.165) is 17.0 Å². The van der Waals surface area contributed by atoms with Crippen molar-refractivity contribution in [3.63, 3.8) is 0 Å². The highest BCUT2D eigenvalue weighted by Crippen LogP contribution is 2.29. The minimum Gasteiger partial charge on any atom is -0.477 e. The maximum Gasteiger partial charge on any atom is 0.347 e. The number of hydrogen-bond donors (Lipinski definition) is 2. The molecule has 0 spiro atoms. The Kier molecular flexibility index (Phi) is 2.96. The zero-order chi connectivity index (χ0) is 13.4. The normalized spacial score (nSPS) is 10.8. The summed E-state index contributed by atoms with van der Waals surface area (Å²) in [5, 5.41) is 16.0. The standard InChI is InChI=1S/C13H10N2O2S2/c1-7-11(12(16)17)19-13(14-7)15-9-2-3-10-8(6-9)4-5-18-10/h2-6H,1H3,(H,14,15)(H,16,17). The molecular weight excluding hydrogens is 280 g/mol. The van der Waals surface area contributed by atoms with Crippen molar-refractivity contribution in [3.05, 3.63) is 40.2 Å². The average Bonchev–Trinajstić information content (AvgIpc) is 2.95. The van der Waals surface area contributed by atoms with E-state index < -0.39 is 5.97 Å². The highest BCUT2D eigenvalue weighted by Gasteiger charge is 2.13. The molecule has 96 valence electrons. The fraction of sp³-hybridized carbons (Fsp3) is 0.0769. The van der Waals surface area contributed by atoms with Crippen molar-refractivity contribution in [2.24, 2.45) is 0 Å². The molecule has 2 N–H and O–H groups in total. The van der Waals surface area contributed by atoms with Crippen molar-refractivity contribution >= 4 is 49.5 Å². The lowest BCUT2D eigenvalue weighted by atomic mass is 10.2. The third-order valence-corrected chi connectivity index (χ3v) is 4.65. The number of carboxylic acid groups (broad SMARTS) is 1. The van der Waals surface area contributed by atoms with Crippen LogP contribution in [0.4, 0.5) is 10.8 Å². The van der Waals surface area contributed by atoms with Crippen LogP contribution in [0.2, 0.25) is 0 Å². The van der Waals surface area contributed by atoms with Crippen LogP contribution in [0.25, 0.3) is 10.1 Å². The minimum atomic E-state index is -0.934. The fourth-order valence-corrected chi connectivity index (χ4v) is 3.41. The minimum absolute atomic E-state index is 0.277. The van der Waals surface area contributed by atoms with Gasteiger partial charge in [0.25, 0.3) is 0 Å². The molecule has 0 unspecified atom stereocenters. The zero-order valence-electron chi connectivity index (χ0n) is 10.0. The van der Waals surface area contributed by atoms with Gasteiger partial charge >= 0.3 is 5.97 Å². The molecule has 0 fully saturated rings. The number of rotatable bonds is 3. The van der Waals surface area contributed by atoms with E-state index in [1.54, 1.807) is 18.3 Å². The molecule has 6 heteroatoms. The molecule has 0 aliphatic carbocycles. The van der Waals surface area contributed by atoms with E-state index in [1.165, 1.54) is 10.1 Å². The van der Waals surface area contributed by atoms with Crippen molar-refractivity contribution in [3.8, 4) is 0 Å². The molecule has 19 heavy (non-hydrogen) atoms. The van der Waals surface area contributed by atoms with Gasteiger partial charge in [0.15, 0.2) is 5.13 Å². The Balaban J connectivity index is 1.91. The predicted molar refractivity (Wildman–Crippen MR) is 78.9 cm³/mol. The number of aromatic carboxylic acids is 1. The molecule has 3 rings (SSSR count). The molecule has 3 aromatic rings. The summed E-state index contributed by atoms with van der Waals surface area (Å²) in [5.74, 6) is -0.934. The molecule has 4 nitrogen and oxygen atoms in total. The second kappa shape index (κ2) is 4.64. The second-order valence-electron chi connectivity index (χ2n) is 4.04. The summed E-state index contributed by atoms with van der Waals surface area (Å²) in [7, 11) is 0. The summed E-state index contributed by atoms with van der Waals surface area (Å²) in [6, 6.07) is 8.10. The predicted octanol–water partition coefficient (Wildman–Crippen LogP) is 4.11. The summed E-state index contributed by atoms with van der Waals surface area (Å²) in [6.45, 7) is 1.70. The number of aryl methyl sites for hydroxylation is 1. The largest absolute Gasteiger partial charge is 0.477 e. The lowest BCUT2D eigenvalue weighted by molar-refractivity contribution is 0.0701. The van der Waals surface area contributed by atoms with Crippen LogP contribution in [-0.4, -0.2) is 16.1 Å². The number of nitrogens with one attached hydrogen (secondary N) is 1. The third-order valence-electron chi connectivity index (χ3n) is 2.69. The summed E-state index contributed by atoms with van der Waals surface area (Å²) in [5.41, 5.74) is 1.45. The maximum absolute atomic E-state index is 11.0. The Morgan fingerprint density at radius 1 is 1.37 bits per heavy atom. The lowest BCUT2D eigenvalue weighted by Gasteiger charge is -2.02. The Bertz CT molecular complexity index is 761. The number of carbonyl (C=O) groups is 1. The second-order valence-corrected chi connectivity index (χ2v) is 5.98. The molecule has 2 aromatic heterocycles. The lowest BCUT2D eigenvalue weighted by Crippen LogP contribution is -1.94. The van der Waals surface area contributed by atoms with Crippen molar-refractivity contribution in [2.75, 3.05) is 5.32 Å². The molecule has 0 aliphatic rings. The summed E-state index contributed by atoms with van der Waals surface area (Å²) in [4.78, 5) is 15.5. The number of fused-ring (bicyclic) bond motifs is 1. The molecule has 0 saturated heterocycles. The maximum atomic E-state index is 11.0. The first-order chi connectivity index (χ1) is 9.13. The monoisotopic (exact) mass is 290 g/mol. The van der Waals surface area contributed by atoms with Crippen molar-refractivity contribution < 1.29 is 9.90 Å². The van der Waals surface area contributed by atoms with Crippen LogP contribution in [0, 0.1) is 6.92 Å². The van der Waals surface area contributed by atoms with Crippen LogP contribution in [0.5, 0.6) is 0 Å². The number of aromatic nitrogens is 1. The van der Waals surface area contributed by atoms with Crippen LogP contribution in [0.3, 0.4) is 0 Å². The van der Waals surface area contributed by atoms with E-state index in [-0.39, 0.29) is 4.88 Å². The SMILES string of the molecule is Cc1nc(Nc2ccc3sccc3c2)sc1C(=O)O. The van der Waals surface area contributed by atoms with Crippen LogP contribution in [0.15, 0.2) is 29.6 Å². The number of carboxylic acids is 1. The van der Waals surface area contributed by atoms with E-state index >= 15 is 0 Å². The number of anilines is 2. The van der Waals surface area contributed by atoms with Crippen LogP contribution in [0.1, 0.15) is 15.4 Å². The van der Waals surface area contributed by atoms with Gasteiger partial charge in [0.05, 0.1) is 5.69 Å². The first-order valence-corrected chi connectivity index (χ1v) is 7.28. The van der Waals surface area contributed by atoms with Gasteiger partial charge in [-0.3, -0.25) is 0 Å². The topological polar surface area (TPSA) is 62.2 Å². The molecule has 1 aromatic carbocycles. The highest BCUT2D eigenvalue weighted by atomic mass is 32.1. The molecule has 2 heterocycles. The molecule has 0 bridgehead atoms. The molecule has 0 saturated carbocycles. The van der Waals surface area contributed by atoms with Gasteiger partial charge in [0, 0.05) is 10.4 Å². The smallest absolute Gasteiger partial charge is 0.347 e. The van der Waals surface area contributed by atoms with Gasteiger partial charge in [-0.1, -0.05) is 11.3 Å². The van der Waals surface area contributed by atoms with Crippen molar-refractivity contribution in [1.82, 2.24) is 4.98 Å². The van der Waals surface area contributed by atoms with E-state index in [0.29, 0.717) is 10.8 Å². The Morgan fingerprint density at radius 3 is 2.95 bits per heavy atom. The Hall–Kier alpha value is -1.92. The quantitative estimate of drug-likeness (QED) is 0.762. The van der Waals surface area contributed by atoms with Gasteiger partial charge in [0.1, 0.15) is 4.88 Å². The van der Waals surface area contributed by atoms with E-state index in [4.69, 9.17) is 5.11 Å². The number of benzene rings is 1. The van der Waals surface area contributed by atoms with E-state index in [1.807, 2.05) is 23.6 Å². The third kappa shape index (κ3) is 2.32. The van der Waals surface area contributed by atoms with E-state index in [2.05, 4.69) is 16.4 Å². The first kappa shape index (κ1) is 12.1. The van der Waals surface area contributed by atoms with Gasteiger partial charge in [-0.15, -0.1) is 11.3 Å². The molecule has 0 amide bonds. The Morgan fingerprint density at radius 2 is 2.21 bits per heavy atom. The number of thiophene rings is 1. The Labute approximate surface area is 117 Å². The number of nitrogens with zero attached hydrogens (tertiary/aromatic N) is 1. The number of hydrogen-bond acceptors (Lipinski definition) is 5. The van der Waals surface area contributed by atoms with Crippen molar-refractivity contribution in [2.45, 2.75) is 6.92 Å². The molecular formula is C13H10N2O2S2. The van der Waals surface area contributed by atoms with Gasteiger partial charge in [0.2, 0.25) is 0 Å². The number of thiazole rings is 1. The molecule has 0 atom stereocenters. The summed E-state index contributed by atoms with van der Waals surface area (Å²) < 4.78 is 1.23. The average molecular weight is 290 g/mol. The van der Waals surface area contributed by atoms with Crippen LogP contribution < -0.4 is 5.32 Å². The molecule has 0 radical (unpaired) electrons. The summed E-state index contributed by atoms with van der Waals surface area (Å²) in [6.07, 6.45) is 0. The zero-order valence-corrected chi connectivity index (χ0v) is 11.6. The van der Waals surface area contributed by atoms with Gasteiger partial charge in [-0.25, -0.2) is 9.78 Å². The van der Waals surface area contributed by atoms with Gasteiger partial charge < -0.3 is 10.4 Å². The fourth-order valence-electron chi connectivity index (χ4n) is 1.82. The first-order valence-electron chi connectivity index (χ1n) is 5.58. The highest BCUT2D eigenvalue weighted by molar-refractivity contribution is 7.17. The van der Waals surface area contributed by atoms with Crippen molar-refractivity contribution in [1.29, 1.82) is 0 Å². The van der Waals surface area contributed by atoms with E-state index in [9.17, 15) is 4.79 Å². The van der Waals surface area contributed by atoms with Crippen LogP contribution >= 0.6 is 22.7 Å². The summed E-state index contributed by atoms with van der Waals surface area (Å²) >= 11 is 2.85. The van der Waals surface area contributed by atoms with Gasteiger partial charge in [-0.05, 0) is 42.0 Å². The van der Waals surface area contributed by atoms with Gasteiger partial charge in [-0.2, -0.15) is 0 Å². The molecule has 0 aliphatic heterocycles.